The van der Waals surface area contributed by atoms with Crippen LogP contribution in [0.5, 0.6) is 5.75 Å². The molecule has 0 aliphatic rings. The van der Waals surface area contributed by atoms with E-state index in [-0.39, 0.29) is 5.75 Å². The number of hydrogen-bond donors (Lipinski definition) is 0. The zero-order valence-corrected chi connectivity index (χ0v) is 23.3. The molecule has 0 fully saturated rings. The van der Waals surface area contributed by atoms with Crippen LogP contribution in [0.3, 0.4) is 0 Å². The molecule has 208 valence electrons. The van der Waals surface area contributed by atoms with E-state index in [0.717, 1.165) is 16.7 Å². The fourth-order valence-electron chi connectivity index (χ4n) is 4.43. The third kappa shape index (κ3) is 5.83. The Balaban J connectivity index is 1.68. The first kappa shape index (κ1) is 28.0. The van der Waals surface area contributed by atoms with Gasteiger partial charge in [0.25, 0.3) is 0 Å². The molecule has 6 nitrogen and oxygen atoms in total. The van der Waals surface area contributed by atoms with Gasteiger partial charge < -0.3 is 9.15 Å². The number of aryl methyl sites for hydroxylation is 2. The van der Waals surface area contributed by atoms with Crippen LogP contribution in [-0.2, 0) is 5.41 Å². The molecule has 3 aromatic carbocycles. The van der Waals surface area contributed by atoms with E-state index in [1.54, 1.807) is 24.7 Å². The van der Waals surface area contributed by atoms with E-state index in [1.807, 2.05) is 56.3 Å². The highest BCUT2D eigenvalue weighted by Crippen LogP contribution is 2.40. The molecule has 0 N–H and O–H groups in total. The second-order valence-electron chi connectivity index (χ2n) is 10.0. The van der Waals surface area contributed by atoms with Crippen LogP contribution in [0, 0.1) is 25.2 Å². The number of aromatic nitrogens is 3. The normalized spacial score (nSPS) is 11.9. The summed E-state index contributed by atoms with van der Waals surface area (Å²) in [5.41, 5.74) is 4.84. The first-order valence-electron chi connectivity index (χ1n) is 12.6. The monoisotopic (exact) mass is 576 g/mol. The number of nitrogens with zero attached hydrogens (tertiary/aromatic N) is 4. The van der Waals surface area contributed by atoms with Crippen molar-refractivity contribution in [3.05, 3.63) is 95.1 Å². The lowest BCUT2D eigenvalue weighted by molar-refractivity contribution is -0.274. The van der Waals surface area contributed by atoms with Crippen molar-refractivity contribution in [2.24, 2.45) is 0 Å². The van der Waals surface area contributed by atoms with Crippen LogP contribution in [0.4, 0.5) is 13.2 Å². The Bertz CT molecular complexity index is 1760. The fourth-order valence-corrected chi connectivity index (χ4v) is 4.56. The predicted molar refractivity (Wildman–Crippen MR) is 150 cm³/mol. The van der Waals surface area contributed by atoms with Crippen LogP contribution < -0.4 is 4.74 Å². The van der Waals surface area contributed by atoms with Gasteiger partial charge in [-0.15, -0.1) is 13.2 Å². The summed E-state index contributed by atoms with van der Waals surface area (Å²) in [6.45, 7) is 7.21. The van der Waals surface area contributed by atoms with Crippen LogP contribution in [0.1, 0.15) is 31.0 Å². The number of alkyl halides is 3. The minimum atomic E-state index is -4.80. The fraction of sp³-hybridized carbons (Fsp3) is 0.194. The van der Waals surface area contributed by atoms with Crippen molar-refractivity contribution in [2.45, 2.75) is 39.5 Å². The molecule has 0 amide bonds. The lowest BCUT2D eigenvalue weighted by Crippen LogP contribution is -2.16. The Morgan fingerprint density at radius 1 is 0.951 bits per heavy atom. The summed E-state index contributed by atoms with van der Waals surface area (Å²) in [5, 5.41) is 14.7. The molecule has 5 rings (SSSR count). The molecule has 10 heteroatoms. The second kappa shape index (κ2) is 10.5. The van der Waals surface area contributed by atoms with Crippen molar-refractivity contribution in [1.29, 1.82) is 5.26 Å². The lowest BCUT2D eigenvalue weighted by Gasteiger charge is -2.17. The minimum Gasteiger partial charge on any atom is -0.440 e. The Hall–Kier alpha value is -4.55. The summed E-state index contributed by atoms with van der Waals surface area (Å²) in [6.07, 6.45) is -3.10. The van der Waals surface area contributed by atoms with E-state index < -0.39 is 11.8 Å². The molecule has 0 spiro atoms. The molecule has 5 aromatic rings. The van der Waals surface area contributed by atoms with Crippen molar-refractivity contribution >= 4 is 11.6 Å². The quantitative estimate of drug-likeness (QED) is 0.202. The molecule has 2 heterocycles. The number of ether oxygens (including phenoxy) is 1. The van der Waals surface area contributed by atoms with Gasteiger partial charge in [0.15, 0.2) is 11.7 Å². The summed E-state index contributed by atoms with van der Waals surface area (Å²) in [6, 6.07) is 21.3. The Morgan fingerprint density at radius 3 is 2.27 bits per heavy atom. The maximum absolute atomic E-state index is 12.7. The molecule has 0 aliphatic carbocycles. The van der Waals surface area contributed by atoms with Crippen LogP contribution in [0.2, 0.25) is 5.02 Å². The Labute approximate surface area is 239 Å². The Kier molecular flexibility index (Phi) is 7.14. The number of hydrogen-bond acceptors (Lipinski definition) is 5. The van der Waals surface area contributed by atoms with Gasteiger partial charge in [-0.2, -0.15) is 10.4 Å². The number of benzene rings is 3. The molecular formula is C31H24ClF3N4O2. The van der Waals surface area contributed by atoms with Gasteiger partial charge in [-0.05, 0) is 79.9 Å². The van der Waals surface area contributed by atoms with Gasteiger partial charge >= 0.3 is 6.36 Å². The zero-order valence-electron chi connectivity index (χ0n) is 22.5. The SMILES string of the molecule is Cc1nc(-c2ccc(OC(F)(F)F)cc2)c(-c2cc(-c3cccc(C(C)(C)C#N)c3)ccc2-n2cc(Cl)c(C)n2)o1. The standard InChI is InChI=1S/C31H24ClF3N4O2/c1-18-26(32)16-39(38-18)27-13-10-22(21-6-5-7-23(14-21)30(3,4)17-36)15-25(27)29-28(37-19(2)40-29)20-8-11-24(12-9-20)41-31(33,34)35/h5-16H,1-4H3. The van der Waals surface area contributed by atoms with Crippen molar-refractivity contribution < 1.29 is 22.3 Å². The van der Waals surface area contributed by atoms with Crippen LogP contribution in [-0.4, -0.2) is 21.1 Å². The van der Waals surface area contributed by atoms with E-state index in [4.69, 9.17) is 16.0 Å². The first-order valence-corrected chi connectivity index (χ1v) is 12.9. The molecule has 0 saturated heterocycles. The highest BCUT2D eigenvalue weighted by atomic mass is 35.5. The van der Waals surface area contributed by atoms with Gasteiger partial charge in [0.2, 0.25) is 0 Å². The highest BCUT2D eigenvalue weighted by molar-refractivity contribution is 6.31. The summed E-state index contributed by atoms with van der Waals surface area (Å²) in [5.74, 6) is 0.434. The number of halogens is 4. The highest BCUT2D eigenvalue weighted by Gasteiger charge is 2.31. The van der Waals surface area contributed by atoms with Crippen molar-refractivity contribution in [1.82, 2.24) is 14.8 Å². The van der Waals surface area contributed by atoms with E-state index in [2.05, 4.69) is 20.9 Å². The van der Waals surface area contributed by atoms with Crippen molar-refractivity contribution in [2.75, 3.05) is 0 Å². The molecule has 0 bridgehead atoms. The van der Waals surface area contributed by atoms with E-state index in [0.29, 0.717) is 44.9 Å². The van der Waals surface area contributed by atoms with Gasteiger partial charge in [0.1, 0.15) is 11.4 Å². The Morgan fingerprint density at radius 2 is 1.63 bits per heavy atom. The topological polar surface area (TPSA) is 76.9 Å². The largest absolute Gasteiger partial charge is 0.573 e. The summed E-state index contributed by atoms with van der Waals surface area (Å²) < 4.78 is 49.9. The molecule has 0 unspecified atom stereocenters. The van der Waals surface area contributed by atoms with E-state index in [1.165, 1.54) is 24.3 Å². The molecule has 2 aromatic heterocycles. The van der Waals surface area contributed by atoms with E-state index >= 15 is 0 Å². The third-order valence-corrected chi connectivity index (χ3v) is 6.99. The molecule has 0 aliphatic heterocycles. The van der Waals surface area contributed by atoms with Gasteiger partial charge in [0, 0.05) is 24.2 Å². The van der Waals surface area contributed by atoms with Crippen molar-refractivity contribution in [3.63, 3.8) is 0 Å². The zero-order chi connectivity index (χ0) is 29.5. The lowest BCUT2D eigenvalue weighted by atomic mass is 9.84. The first-order chi connectivity index (χ1) is 19.3. The average molecular weight is 577 g/mol. The van der Waals surface area contributed by atoms with Crippen LogP contribution in [0.25, 0.3) is 39.4 Å². The second-order valence-corrected chi connectivity index (χ2v) is 10.4. The van der Waals surface area contributed by atoms with Crippen LogP contribution in [0.15, 0.2) is 77.3 Å². The van der Waals surface area contributed by atoms with Crippen LogP contribution >= 0.6 is 11.6 Å². The predicted octanol–water partition coefficient (Wildman–Crippen LogP) is 8.83. The summed E-state index contributed by atoms with van der Waals surface area (Å²) in [7, 11) is 0. The minimum absolute atomic E-state index is 0.340. The molecular weight excluding hydrogens is 553 g/mol. The van der Waals surface area contributed by atoms with E-state index in [9.17, 15) is 18.4 Å². The average Bonchev–Trinajstić information content (AvgIpc) is 3.49. The number of rotatable bonds is 6. The maximum atomic E-state index is 12.7. The molecule has 0 radical (unpaired) electrons. The van der Waals surface area contributed by atoms with Crippen molar-refractivity contribution in [3.8, 4) is 51.2 Å². The maximum Gasteiger partial charge on any atom is 0.573 e. The van der Waals surface area contributed by atoms with Gasteiger partial charge in [0.05, 0.1) is 27.9 Å². The van der Waals surface area contributed by atoms with Gasteiger partial charge in [-0.3, -0.25) is 0 Å². The smallest absolute Gasteiger partial charge is 0.440 e. The molecule has 41 heavy (non-hydrogen) atoms. The van der Waals surface area contributed by atoms with Gasteiger partial charge in [-0.25, -0.2) is 9.67 Å². The summed E-state index contributed by atoms with van der Waals surface area (Å²) >= 11 is 6.33. The third-order valence-electron chi connectivity index (χ3n) is 6.62. The molecule has 0 atom stereocenters. The summed E-state index contributed by atoms with van der Waals surface area (Å²) in [4.78, 5) is 4.56. The molecule has 0 saturated carbocycles. The number of nitriles is 1. The number of oxazole rings is 1. The van der Waals surface area contributed by atoms with Gasteiger partial charge in [-0.1, -0.05) is 35.9 Å².